The number of rotatable bonds is 10. The summed E-state index contributed by atoms with van der Waals surface area (Å²) in [6.45, 7) is 2.69. The lowest BCUT2D eigenvalue weighted by Gasteiger charge is -2.39. The van der Waals surface area contributed by atoms with E-state index in [4.69, 9.17) is 20.2 Å². The monoisotopic (exact) mass is 576 g/mol. The minimum absolute atomic E-state index is 0.0171. The quantitative estimate of drug-likeness (QED) is 0.281. The fraction of sp³-hybridized carbons (Fsp3) is 0.433. The molecule has 10 nitrogen and oxygen atoms in total. The van der Waals surface area contributed by atoms with Gasteiger partial charge < -0.3 is 15.2 Å². The van der Waals surface area contributed by atoms with Crippen molar-refractivity contribution in [1.82, 2.24) is 24.5 Å². The van der Waals surface area contributed by atoms with E-state index in [0.29, 0.717) is 43.2 Å². The molecule has 4 aromatic rings. The predicted octanol–water partition coefficient (Wildman–Crippen LogP) is 3.82. The third-order valence-corrected chi connectivity index (χ3v) is 9.53. The normalized spacial score (nSPS) is 21.1. The molecule has 3 atom stereocenters. The highest BCUT2D eigenvalue weighted by atomic mass is 32.2. The maximum Gasteiger partial charge on any atom is 0.180 e. The lowest BCUT2D eigenvalue weighted by Crippen LogP contribution is -2.44. The molecule has 0 spiro atoms. The number of nitrogen functional groups attached to an aromatic ring is 1. The van der Waals surface area contributed by atoms with Crippen molar-refractivity contribution in [1.29, 1.82) is 0 Å². The van der Waals surface area contributed by atoms with E-state index in [-0.39, 0.29) is 16.6 Å². The fourth-order valence-electron chi connectivity index (χ4n) is 6.49. The van der Waals surface area contributed by atoms with Crippen molar-refractivity contribution >= 4 is 21.3 Å². The molecule has 2 aliphatic rings. The average molecular weight is 577 g/mol. The Morgan fingerprint density at radius 3 is 2.39 bits per heavy atom. The zero-order valence-corrected chi connectivity index (χ0v) is 24.3. The summed E-state index contributed by atoms with van der Waals surface area (Å²) in [6, 6.07) is 14.7. The Hall–Kier alpha value is -3.38. The first-order valence-corrected chi connectivity index (χ1v) is 16.0. The van der Waals surface area contributed by atoms with Gasteiger partial charge in [0.1, 0.15) is 10.7 Å². The van der Waals surface area contributed by atoms with Gasteiger partial charge in [0.15, 0.2) is 15.5 Å². The highest BCUT2D eigenvalue weighted by molar-refractivity contribution is 7.91. The van der Waals surface area contributed by atoms with Gasteiger partial charge in [-0.3, -0.25) is 9.88 Å². The molecule has 5 heterocycles. The van der Waals surface area contributed by atoms with Gasteiger partial charge in [0.2, 0.25) is 0 Å². The highest BCUT2D eigenvalue weighted by Crippen LogP contribution is 2.45. The molecule has 0 aliphatic carbocycles. The first-order valence-electron chi connectivity index (χ1n) is 14.1. The predicted molar refractivity (Wildman–Crippen MR) is 157 cm³/mol. The van der Waals surface area contributed by atoms with Crippen LogP contribution >= 0.6 is 0 Å². The van der Waals surface area contributed by atoms with Gasteiger partial charge in [-0.05, 0) is 31.7 Å². The molecule has 216 valence electrons. The molecular weight excluding hydrogens is 540 g/mol. The third-order valence-electron chi connectivity index (χ3n) is 8.38. The second-order valence-electron chi connectivity index (χ2n) is 11.0. The third kappa shape index (κ3) is 5.46. The second-order valence-corrected chi connectivity index (χ2v) is 12.9. The van der Waals surface area contributed by atoms with Crippen molar-refractivity contribution in [3.8, 4) is 22.4 Å². The Balaban J connectivity index is 1.32. The smallest absolute Gasteiger partial charge is 0.180 e. The number of pyridine rings is 1. The largest absolute Gasteiger partial charge is 0.382 e. The van der Waals surface area contributed by atoms with Gasteiger partial charge in [-0.1, -0.05) is 36.4 Å². The number of sulfone groups is 1. The summed E-state index contributed by atoms with van der Waals surface area (Å²) in [4.78, 5) is 12.3. The van der Waals surface area contributed by atoms with E-state index in [0.717, 1.165) is 54.6 Å². The SMILES string of the molecule is COCCOCCN1[C@@H]2CC[C@H]1CC(c1nc3c(-c4ccc(-c5ccccc5)nc4)cnn3c(N)c1S(C)(=O)=O)C2. The van der Waals surface area contributed by atoms with Crippen LogP contribution in [0.3, 0.4) is 0 Å². The molecule has 6 rings (SSSR count). The minimum Gasteiger partial charge on any atom is -0.382 e. The van der Waals surface area contributed by atoms with E-state index in [9.17, 15) is 8.42 Å². The molecule has 2 saturated heterocycles. The van der Waals surface area contributed by atoms with Crippen LogP contribution < -0.4 is 5.73 Å². The Bertz CT molecular complexity index is 1610. The van der Waals surface area contributed by atoms with Gasteiger partial charge in [-0.25, -0.2) is 13.4 Å². The highest BCUT2D eigenvalue weighted by Gasteiger charge is 2.43. The lowest BCUT2D eigenvalue weighted by atomic mass is 9.87. The van der Waals surface area contributed by atoms with Crippen LogP contribution in [0.4, 0.5) is 5.82 Å². The number of nitrogens with zero attached hydrogens (tertiary/aromatic N) is 5. The number of nitrogens with two attached hydrogens (primary N) is 1. The van der Waals surface area contributed by atoms with Crippen molar-refractivity contribution < 1.29 is 17.9 Å². The summed E-state index contributed by atoms with van der Waals surface area (Å²) in [5, 5.41) is 4.45. The average Bonchev–Trinajstić information content (AvgIpc) is 3.49. The zero-order chi connectivity index (χ0) is 28.6. The van der Waals surface area contributed by atoms with E-state index >= 15 is 0 Å². The summed E-state index contributed by atoms with van der Waals surface area (Å²) in [7, 11) is -1.98. The van der Waals surface area contributed by atoms with Gasteiger partial charge in [-0.2, -0.15) is 9.61 Å². The summed E-state index contributed by atoms with van der Waals surface area (Å²) < 4.78 is 38.4. The second kappa shape index (κ2) is 11.5. The number of anilines is 1. The Morgan fingerprint density at radius 2 is 1.73 bits per heavy atom. The standard InChI is InChI=1S/C30H36N6O4S/c1-39-14-15-40-13-12-35-23-9-10-24(35)17-22(16-23)27-28(41(2,37)38)29(31)36-30(34-27)25(19-33-36)21-8-11-26(32-18-21)20-6-4-3-5-7-20/h3-8,11,18-19,22-24H,9-10,12-17,31H2,1-2H3/t22?,23-,24+. The number of piperidine rings is 1. The van der Waals surface area contributed by atoms with Crippen molar-refractivity contribution in [3.05, 3.63) is 60.6 Å². The maximum absolute atomic E-state index is 13.1. The molecule has 1 aromatic carbocycles. The van der Waals surface area contributed by atoms with Gasteiger partial charge in [0.25, 0.3) is 0 Å². The van der Waals surface area contributed by atoms with E-state index in [2.05, 4.69) is 15.0 Å². The van der Waals surface area contributed by atoms with Crippen molar-refractivity contribution in [3.63, 3.8) is 0 Å². The molecule has 0 radical (unpaired) electrons. The topological polar surface area (TPSA) is 125 Å². The van der Waals surface area contributed by atoms with Crippen molar-refractivity contribution in [2.24, 2.45) is 0 Å². The fourth-order valence-corrected chi connectivity index (χ4v) is 7.55. The molecule has 41 heavy (non-hydrogen) atoms. The van der Waals surface area contributed by atoms with Crippen LogP contribution in [0, 0.1) is 0 Å². The van der Waals surface area contributed by atoms with Crippen LogP contribution in [0.15, 0.2) is 59.8 Å². The van der Waals surface area contributed by atoms with Crippen LogP contribution in [0.2, 0.25) is 0 Å². The number of aromatic nitrogens is 4. The van der Waals surface area contributed by atoms with E-state index < -0.39 is 9.84 Å². The first-order chi connectivity index (χ1) is 19.8. The summed E-state index contributed by atoms with van der Waals surface area (Å²) in [5.74, 6) is 0.0884. The molecule has 2 bridgehead atoms. The first kappa shape index (κ1) is 27.8. The summed E-state index contributed by atoms with van der Waals surface area (Å²) in [6.07, 6.45) is 8.52. The molecule has 2 aliphatic heterocycles. The van der Waals surface area contributed by atoms with E-state index in [1.165, 1.54) is 10.8 Å². The van der Waals surface area contributed by atoms with Crippen LogP contribution in [0.1, 0.15) is 37.3 Å². The molecule has 1 unspecified atom stereocenters. The summed E-state index contributed by atoms with van der Waals surface area (Å²) in [5.41, 5.74) is 11.1. The molecule has 11 heteroatoms. The van der Waals surface area contributed by atoms with Crippen LogP contribution in [-0.2, 0) is 19.3 Å². The number of benzene rings is 1. The van der Waals surface area contributed by atoms with Crippen LogP contribution in [0.25, 0.3) is 28.0 Å². The molecule has 3 aromatic heterocycles. The Morgan fingerprint density at radius 1 is 0.976 bits per heavy atom. The number of ether oxygens (including phenoxy) is 2. The molecule has 2 fully saturated rings. The molecule has 0 saturated carbocycles. The van der Waals surface area contributed by atoms with Gasteiger partial charge >= 0.3 is 0 Å². The number of hydrogen-bond donors (Lipinski definition) is 1. The number of hydrogen-bond acceptors (Lipinski definition) is 9. The number of fused-ring (bicyclic) bond motifs is 3. The van der Waals surface area contributed by atoms with Crippen molar-refractivity contribution in [2.45, 2.75) is 48.6 Å². The number of methoxy groups -OCH3 is 1. The van der Waals surface area contributed by atoms with Crippen LogP contribution in [0.5, 0.6) is 0 Å². The van der Waals surface area contributed by atoms with Crippen molar-refractivity contribution in [2.75, 3.05) is 45.5 Å². The minimum atomic E-state index is -3.65. The zero-order valence-electron chi connectivity index (χ0n) is 23.4. The maximum atomic E-state index is 13.1. The lowest BCUT2D eigenvalue weighted by molar-refractivity contribution is 0.0370. The van der Waals surface area contributed by atoms with E-state index in [1.807, 2.05) is 42.5 Å². The van der Waals surface area contributed by atoms with Crippen LogP contribution in [-0.4, -0.2) is 84.7 Å². The Kier molecular flexibility index (Phi) is 7.78. The molecule has 2 N–H and O–H groups in total. The Labute approximate surface area is 240 Å². The molecule has 0 amide bonds. The molecular formula is C30H36N6O4S. The summed E-state index contributed by atoms with van der Waals surface area (Å²) >= 11 is 0. The van der Waals surface area contributed by atoms with Gasteiger partial charge in [0, 0.05) is 60.8 Å². The van der Waals surface area contributed by atoms with E-state index in [1.54, 1.807) is 19.5 Å². The van der Waals surface area contributed by atoms with Gasteiger partial charge in [0.05, 0.1) is 37.4 Å². The van der Waals surface area contributed by atoms with Gasteiger partial charge in [-0.15, -0.1) is 0 Å².